The molecule has 102 valence electrons. The van der Waals surface area contributed by atoms with Crippen LogP contribution in [0.25, 0.3) is 0 Å². The molecule has 2 rings (SSSR count). The van der Waals surface area contributed by atoms with E-state index in [9.17, 15) is 9.59 Å². The van der Waals surface area contributed by atoms with Crippen LogP contribution in [0.1, 0.15) is 23.7 Å². The molecule has 1 aromatic carbocycles. The Balaban J connectivity index is 2.11. The Bertz CT molecular complexity index is 493. The normalized spacial score (nSPS) is 22.0. The monoisotopic (exact) mass is 262 g/mol. The summed E-state index contributed by atoms with van der Waals surface area (Å²) < 4.78 is 4.65. The fourth-order valence-corrected chi connectivity index (χ4v) is 2.13. The zero-order valence-electron chi connectivity index (χ0n) is 11.2. The highest BCUT2D eigenvalue weighted by molar-refractivity contribution is 5.97. The van der Waals surface area contributed by atoms with Crippen LogP contribution in [0.5, 0.6) is 0 Å². The minimum absolute atomic E-state index is 0.0282. The Kier molecular flexibility index (Phi) is 3.85. The summed E-state index contributed by atoms with van der Waals surface area (Å²) in [4.78, 5) is 23.6. The van der Waals surface area contributed by atoms with Crippen LogP contribution in [0.2, 0.25) is 0 Å². The van der Waals surface area contributed by atoms with Gasteiger partial charge >= 0.3 is 5.97 Å². The Hall–Kier alpha value is -1.88. The Morgan fingerprint density at radius 2 is 2.21 bits per heavy atom. The second kappa shape index (κ2) is 5.40. The summed E-state index contributed by atoms with van der Waals surface area (Å²) >= 11 is 0. The molecule has 0 spiro atoms. The van der Waals surface area contributed by atoms with Crippen LogP contribution >= 0.6 is 0 Å². The molecule has 1 unspecified atom stereocenters. The number of esters is 1. The molecule has 5 heteroatoms. The highest BCUT2D eigenvalue weighted by atomic mass is 16.5. The molecule has 0 aromatic heterocycles. The first-order valence-corrected chi connectivity index (χ1v) is 6.26. The summed E-state index contributed by atoms with van der Waals surface area (Å²) in [5, 5.41) is 6.04. The molecule has 1 atom stereocenters. The first kappa shape index (κ1) is 13.5. The molecule has 0 bridgehead atoms. The Morgan fingerprint density at radius 3 is 2.84 bits per heavy atom. The molecule has 5 nitrogen and oxygen atoms in total. The average Bonchev–Trinajstić information content (AvgIpc) is 2.86. The van der Waals surface area contributed by atoms with Gasteiger partial charge in [0.15, 0.2) is 0 Å². The summed E-state index contributed by atoms with van der Waals surface area (Å²) in [6.07, 6.45) is 0.815. The van der Waals surface area contributed by atoms with Crippen LogP contribution < -0.4 is 10.6 Å². The van der Waals surface area contributed by atoms with Crippen molar-refractivity contribution in [2.24, 2.45) is 5.41 Å². The van der Waals surface area contributed by atoms with Crippen molar-refractivity contribution >= 4 is 17.6 Å². The molecular weight excluding hydrogens is 244 g/mol. The van der Waals surface area contributed by atoms with Gasteiger partial charge in [0.05, 0.1) is 18.1 Å². The Morgan fingerprint density at radius 1 is 1.42 bits per heavy atom. The van der Waals surface area contributed by atoms with Gasteiger partial charge in [-0.25, -0.2) is 4.79 Å². The summed E-state index contributed by atoms with van der Waals surface area (Å²) in [6.45, 7) is 3.47. The van der Waals surface area contributed by atoms with Gasteiger partial charge in [-0.3, -0.25) is 4.79 Å². The number of methoxy groups -OCH3 is 1. The zero-order valence-corrected chi connectivity index (χ0v) is 11.2. The number of nitrogens with one attached hydrogen (secondary N) is 2. The first-order chi connectivity index (χ1) is 9.05. The van der Waals surface area contributed by atoms with Crippen molar-refractivity contribution in [1.29, 1.82) is 0 Å². The zero-order chi connectivity index (χ0) is 13.9. The molecule has 1 saturated heterocycles. The van der Waals surface area contributed by atoms with Crippen molar-refractivity contribution in [3.8, 4) is 0 Å². The van der Waals surface area contributed by atoms with E-state index in [4.69, 9.17) is 0 Å². The van der Waals surface area contributed by atoms with Gasteiger partial charge in [-0.1, -0.05) is 6.07 Å². The molecule has 1 fully saturated rings. The van der Waals surface area contributed by atoms with Gasteiger partial charge in [0, 0.05) is 12.2 Å². The van der Waals surface area contributed by atoms with Crippen LogP contribution in [-0.2, 0) is 9.53 Å². The van der Waals surface area contributed by atoms with Gasteiger partial charge in [0.2, 0.25) is 5.91 Å². The van der Waals surface area contributed by atoms with Crippen molar-refractivity contribution in [1.82, 2.24) is 5.32 Å². The van der Waals surface area contributed by atoms with E-state index in [1.807, 2.05) is 6.92 Å². The van der Waals surface area contributed by atoms with Gasteiger partial charge in [0.25, 0.3) is 0 Å². The van der Waals surface area contributed by atoms with Crippen LogP contribution in [-0.4, -0.2) is 32.1 Å². The third kappa shape index (κ3) is 2.93. The summed E-state index contributed by atoms with van der Waals surface area (Å²) in [5.74, 6) is -0.440. The van der Waals surface area contributed by atoms with Crippen molar-refractivity contribution < 1.29 is 14.3 Å². The van der Waals surface area contributed by atoms with Crippen molar-refractivity contribution in [3.05, 3.63) is 29.8 Å². The van der Waals surface area contributed by atoms with Crippen LogP contribution in [0.4, 0.5) is 5.69 Å². The van der Waals surface area contributed by atoms with E-state index < -0.39 is 5.97 Å². The molecule has 19 heavy (non-hydrogen) atoms. The fourth-order valence-electron chi connectivity index (χ4n) is 2.13. The van der Waals surface area contributed by atoms with Gasteiger partial charge in [-0.2, -0.15) is 0 Å². The lowest BCUT2D eigenvalue weighted by Gasteiger charge is -2.21. The van der Waals surface area contributed by atoms with Gasteiger partial charge in [-0.15, -0.1) is 0 Å². The fraction of sp³-hybridized carbons (Fsp3) is 0.429. The minimum Gasteiger partial charge on any atom is -0.465 e. The van der Waals surface area contributed by atoms with Gasteiger partial charge in [-0.05, 0) is 38.1 Å². The maximum absolute atomic E-state index is 12.2. The molecule has 2 N–H and O–H groups in total. The lowest BCUT2D eigenvalue weighted by atomic mass is 9.88. The predicted molar refractivity (Wildman–Crippen MR) is 72.0 cm³/mol. The molecule has 1 aliphatic heterocycles. The predicted octanol–water partition coefficient (Wildman–Crippen LogP) is 1.41. The minimum atomic E-state index is -0.412. The van der Waals surface area contributed by atoms with E-state index in [-0.39, 0.29) is 11.3 Å². The van der Waals surface area contributed by atoms with E-state index in [2.05, 4.69) is 15.4 Å². The number of amides is 1. The standard InChI is InChI=1S/C14H18N2O3/c1-14(6-7-15-9-14)13(18)16-11-5-3-4-10(8-11)12(17)19-2/h3-5,8,15H,6-7,9H2,1-2H3,(H,16,18). The SMILES string of the molecule is COC(=O)c1cccc(NC(=O)C2(C)CCNC2)c1. The molecule has 1 heterocycles. The van der Waals surface area contributed by atoms with E-state index in [1.54, 1.807) is 24.3 Å². The van der Waals surface area contributed by atoms with Crippen molar-refractivity contribution in [2.45, 2.75) is 13.3 Å². The molecule has 0 saturated carbocycles. The number of carbonyl (C=O) groups excluding carboxylic acids is 2. The van der Waals surface area contributed by atoms with Crippen molar-refractivity contribution in [2.75, 3.05) is 25.5 Å². The number of carbonyl (C=O) groups is 2. The second-order valence-electron chi connectivity index (χ2n) is 5.01. The largest absolute Gasteiger partial charge is 0.465 e. The van der Waals surface area contributed by atoms with Gasteiger partial charge in [0.1, 0.15) is 0 Å². The highest BCUT2D eigenvalue weighted by Crippen LogP contribution is 2.26. The van der Waals surface area contributed by atoms with Crippen LogP contribution in [0, 0.1) is 5.41 Å². The topological polar surface area (TPSA) is 67.4 Å². The number of anilines is 1. The molecule has 1 amide bonds. The summed E-state index contributed by atoms with van der Waals surface area (Å²) in [5.41, 5.74) is 0.650. The maximum Gasteiger partial charge on any atom is 0.337 e. The second-order valence-corrected chi connectivity index (χ2v) is 5.01. The molecule has 1 aromatic rings. The quantitative estimate of drug-likeness (QED) is 0.808. The number of ether oxygens (including phenoxy) is 1. The maximum atomic E-state index is 12.2. The van der Waals surface area contributed by atoms with E-state index in [0.29, 0.717) is 17.8 Å². The lowest BCUT2D eigenvalue weighted by molar-refractivity contribution is -0.123. The Labute approximate surface area is 112 Å². The molecular formula is C14H18N2O3. The van der Waals surface area contributed by atoms with Crippen molar-refractivity contribution in [3.63, 3.8) is 0 Å². The summed E-state index contributed by atoms with van der Waals surface area (Å²) in [7, 11) is 1.33. The van der Waals surface area contributed by atoms with E-state index in [0.717, 1.165) is 13.0 Å². The van der Waals surface area contributed by atoms with Crippen LogP contribution in [0.3, 0.4) is 0 Å². The van der Waals surface area contributed by atoms with E-state index in [1.165, 1.54) is 7.11 Å². The number of hydrogen-bond acceptors (Lipinski definition) is 4. The lowest BCUT2D eigenvalue weighted by Crippen LogP contribution is -2.35. The average molecular weight is 262 g/mol. The van der Waals surface area contributed by atoms with Crippen LogP contribution in [0.15, 0.2) is 24.3 Å². The first-order valence-electron chi connectivity index (χ1n) is 6.26. The van der Waals surface area contributed by atoms with E-state index >= 15 is 0 Å². The highest BCUT2D eigenvalue weighted by Gasteiger charge is 2.36. The smallest absolute Gasteiger partial charge is 0.337 e. The summed E-state index contributed by atoms with van der Waals surface area (Å²) in [6, 6.07) is 6.75. The third-order valence-electron chi connectivity index (χ3n) is 3.46. The molecule has 0 radical (unpaired) electrons. The number of rotatable bonds is 3. The number of hydrogen-bond donors (Lipinski definition) is 2. The number of benzene rings is 1. The van der Waals surface area contributed by atoms with Gasteiger partial charge < -0.3 is 15.4 Å². The molecule has 1 aliphatic rings. The molecule has 0 aliphatic carbocycles. The third-order valence-corrected chi connectivity index (χ3v) is 3.46.